The summed E-state index contributed by atoms with van der Waals surface area (Å²) in [6.07, 6.45) is 0.250. The Morgan fingerprint density at radius 1 is 1.50 bits per heavy atom. The first-order chi connectivity index (χ1) is 6.50. The number of hydrogen-bond donors (Lipinski definition) is 0. The van der Waals surface area contributed by atoms with Crippen LogP contribution in [-0.2, 0) is 0 Å². The first-order valence-electron chi connectivity index (χ1n) is 4.29. The highest BCUT2D eigenvalue weighted by Gasteiger charge is 2.08. The van der Waals surface area contributed by atoms with Crippen LogP contribution in [0.15, 0.2) is 18.2 Å². The highest BCUT2D eigenvalue weighted by atomic mass is 32.1. The molecule has 14 heavy (non-hydrogen) atoms. The minimum Gasteiger partial charge on any atom is -0.294 e. The lowest BCUT2D eigenvalue weighted by Crippen LogP contribution is -2.04. The molecule has 0 aliphatic carbocycles. The summed E-state index contributed by atoms with van der Waals surface area (Å²) in [7, 11) is 0. The second-order valence-corrected chi connectivity index (χ2v) is 3.96. The molecule has 74 valence electrons. The van der Waals surface area contributed by atoms with Gasteiger partial charge in [-0.2, -0.15) is 0 Å². The number of aryl methyl sites for hydroxylation is 1. The molecule has 0 amide bonds. The maximum Gasteiger partial charge on any atom is 0.167 e. The van der Waals surface area contributed by atoms with Crippen molar-refractivity contribution in [2.45, 2.75) is 20.3 Å². The summed E-state index contributed by atoms with van der Waals surface area (Å²) >= 11 is 4.84. The first-order valence-corrected chi connectivity index (χ1v) is 4.70. The molecular formula is C11H11FOS. The van der Waals surface area contributed by atoms with Crippen LogP contribution in [0.3, 0.4) is 0 Å². The molecule has 0 fully saturated rings. The molecule has 1 aromatic carbocycles. The maximum atomic E-state index is 12.9. The maximum absolute atomic E-state index is 12.9. The summed E-state index contributed by atoms with van der Waals surface area (Å²) in [6, 6.07) is 4.35. The van der Waals surface area contributed by atoms with Gasteiger partial charge in [-0.15, -0.1) is 0 Å². The van der Waals surface area contributed by atoms with Crippen molar-refractivity contribution in [1.82, 2.24) is 0 Å². The molecule has 0 aromatic heterocycles. The smallest absolute Gasteiger partial charge is 0.167 e. The predicted molar refractivity (Wildman–Crippen MR) is 58.4 cm³/mol. The quantitative estimate of drug-likeness (QED) is 0.563. The van der Waals surface area contributed by atoms with Gasteiger partial charge in [0.25, 0.3) is 0 Å². The summed E-state index contributed by atoms with van der Waals surface area (Å²) in [5, 5.41) is 0. The van der Waals surface area contributed by atoms with E-state index < -0.39 is 0 Å². The fourth-order valence-corrected chi connectivity index (χ4v) is 1.28. The van der Waals surface area contributed by atoms with Gasteiger partial charge in [0.2, 0.25) is 0 Å². The number of rotatable bonds is 3. The second-order valence-electron chi connectivity index (χ2n) is 3.27. The van der Waals surface area contributed by atoms with Crippen molar-refractivity contribution >= 4 is 22.9 Å². The molecule has 0 heterocycles. The molecule has 0 atom stereocenters. The molecule has 0 aliphatic heterocycles. The van der Waals surface area contributed by atoms with Crippen molar-refractivity contribution in [3.05, 3.63) is 35.1 Å². The standard InChI is InChI=1S/C11H11FOS/c1-7-5-9(3-4-10(7)12)11(13)6-8(2)14/h3-5H,6H2,1-2H3. The summed E-state index contributed by atoms with van der Waals surface area (Å²) in [5.41, 5.74) is 1.01. The Kier molecular flexibility index (Phi) is 3.47. The van der Waals surface area contributed by atoms with E-state index in [0.29, 0.717) is 16.0 Å². The number of carbonyl (C=O) groups excluding carboxylic acids is 1. The number of halogens is 1. The fraction of sp³-hybridized carbons (Fsp3) is 0.273. The van der Waals surface area contributed by atoms with Crippen LogP contribution in [0.1, 0.15) is 29.3 Å². The summed E-state index contributed by atoms with van der Waals surface area (Å²) in [4.78, 5) is 12.2. The van der Waals surface area contributed by atoms with Gasteiger partial charge < -0.3 is 0 Å². The second kappa shape index (κ2) is 4.42. The zero-order valence-corrected chi connectivity index (χ0v) is 8.95. The van der Waals surface area contributed by atoms with Gasteiger partial charge in [0.1, 0.15) is 5.82 Å². The molecule has 0 saturated heterocycles. The van der Waals surface area contributed by atoms with E-state index in [2.05, 4.69) is 0 Å². The molecule has 0 unspecified atom stereocenters. The van der Waals surface area contributed by atoms with Crippen molar-refractivity contribution in [2.75, 3.05) is 0 Å². The van der Waals surface area contributed by atoms with Crippen LogP contribution in [0.5, 0.6) is 0 Å². The number of benzene rings is 1. The normalized spacial score (nSPS) is 9.93. The van der Waals surface area contributed by atoms with E-state index in [0.717, 1.165) is 0 Å². The van der Waals surface area contributed by atoms with Gasteiger partial charge in [0.15, 0.2) is 5.78 Å². The zero-order chi connectivity index (χ0) is 10.7. The van der Waals surface area contributed by atoms with Crippen LogP contribution < -0.4 is 0 Å². The van der Waals surface area contributed by atoms with Gasteiger partial charge in [-0.25, -0.2) is 4.39 Å². The van der Waals surface area contributed by atoms with Crippen molar-refractivity contribution in [2.24, 2.45) is 0 Å². The number of ketones is 1. The Morgan fingerprint density at radius 3 is 2.64 bits per heavy atom. The minimum atomic E-state index is -0.291. The lowest BCUT2D eigenvalue weighted by atomic mass is 10.0. The number of hydrogen-bond acceptors (Lipinski definition) is 2. The summed E-state index contributed by atoms with van der Waals surface area (Å²) in [5.74, 6) is -0.346. The Balaban J connectivity index is 2.91. The van der Waals surface area contributed by atoms with Gasteiger partial charge in [-0.3, -0.25) is 4.79 Å². The van der Waals surface area contributed by atoms with E-state index in [1.165, 1.54) is 12.1 Å². The number of carbonyl (C=O) groups is 1. The SMILES string of the molecule is CC(=S)CC(=O)c1ccc(F)c(C)c1. The average Bonchev–Trinajstić information content (AvgIpc) is 2.08. The van der Waals surface area contributed by atoms with E-state index in [9.17, 15) is 9.18 Å². The van der Waals surface area contributed by atoms with Crippen molar-refractivity contribution < 1.29 is 9.18 Å². The predicted octanol–water partition coefficient (Wildman–Crippen LogP) is 3.10. The molecule has 3 heteroatoms. The molecule has 1 rings (SSSR count). The Labute approximate surface area is 87.9 Å². The van der Waals surface area contributed by atoms with Crippen LogP contribution in [0, 0.1) is 12.7 Å². The summed E-state index contributed by atoms with van der Waals surface area (Å²) < 4.78 is 12.9. The number of Topliss-reactive ketones (excluding diaryl/α,β-unsaturated/α-hetero) is 1. The van der Waals surface area contributed by atoms with Crippen molar-refractivity contribution in [3.63, 3.8) is 0 Å². The lowest BCUT2D eigenvalue weighted by molar-refractivity contribution is 0.100. The monoisotopic (exact) mass is 210 g/mol. The van der Waals surface area contributed by atoms with Gasteiger partial charge in [0, 0.05) is 12.0 Å². The molecule has 0 N–H and O–H groups in total. The van der Waals surface area contributed by atoms with Gasteiger partial charge in [0.05, 0.1) is 0 Å². The van der Waals surface area contributed by atoms with Gasteiger partial charge in [-0.1, -0.05) is 12.2 Å². The largest absolute Gasteiger partial charge is 0.294 e. The highest BCUT2D eigenvalue weighted by Crippen LogP contribution is 2.11. The van der Waals surface area contributed by atoms with Crippen LogP contribution in [-0.4, -0.2) is 10.6 Å². The van der Waals surface area contributed by atoms with Crippen LogP contribution in [0.2, 0.25) is 0 Å². The van der Waals surface area contributed by atoms with Crippen molar-refractivity contribution in [1.29, 1.82) is 0 Å². The van der Waals surface area contributed by atoms with Crippen molar-refractivity contribution in [3.8, 4) is 0 Å². The average molecular weight is 210 g/mol. The molecular weight excluding hydrogens is 199 g/mol. The van der Waals surface area contributed by atoms with E-state index in [1.807, 2.05) is 0 Å². The molecule has 0 radical (unpaired) electrons. The fourth-order valence-electron chi connectivity index (χ4n) is 1.15. The van der Waals surface area contributed by atoms with Gasteiger partial charge in [-0.05, 0) is 42.5 Å². The topological polar surface area (TPSA) is 17.1 Å². The Bertz CT molecular complexity index is 385. The molecule has 1 aromatic rings. The minimum absolute atomic E-state index is 0.0550. The molecule has 0 aliphatic rings. The van der Waals surface area contributed by atoms with E-state index in [4.69, 9.17) is 12.2 Å². The molecule has 0 saturated carbocycles. The highest BCUT2D eigenvalue weighted by molar-refractivity contribution is 7.80. The van der Waals surface area contributed by atoms with E-state index in [1.54, 1.807) is 19.9 Å². The van der Waals surface area contributed by atoms with E-state index >= 15 is 0 Å². The third-order valence-corrected chi connectivity index (χ3v) is 2.03. The summed E-state index contributed by atoms with van der Waals surface area (Å²) in [6.45, 7) is 3.36. The van der Waals surface area contributed by atoms with Crippen LogP contribution >= 0.6 is 12.2 Å². The third-order valence-electron chi connectivity index (χ3n) is 1.89. The third kappa shape index (κ3) is 2.70. The molecule has 0 spiro atoms. The lowest BCUT2D eigenvalue weighted by Gasteiger charge is -2.01. The van der Waals surface area contributed by atoms with E-state index in [-0.39, 0.29) is 18.0 Å². The van der Waals surface area contributed by atoms with Gasteiger partial charge >= 0.3 is 0 Å². The zero-order valence-electron chi connectivity index (χ0n) is 8.13. The van der Waals surface area contributed by atoms with Crippen LogP contribution in [0.25, 0.3) is 0 Å². The first kappa shape index (κ1) is 11.0. The Morgan fingerprint density at radius 2 is 2.14 bits per heavy atom. The van der Waals surface area contributed by atoms with Crippen LogP contribution in [0.4, 0.5) is 4.39 Å². The Hall–Kier alpha value is -1.09. The number of thiocarbonyl (C=S) groups is 1. The molecule has 0 bridgehead atoms. The molecule has 1 nitrogen and oxygen atoms in total.